The van der Waals surface area contributed by atoms with Crippen LogP contribution in [0.2, 0.25) is 0 Å². The van der Waals surface area contributed by atoms with Crippen molar-refractivity contribution in [2.75, 3.05) is 0 Å². The maximum absolute atomic E-state index is 2.51. The second-order valence-electron chi connectivity index (χ2n) is 14.1. The van der Waals surface area contributed by atoms with Crippen LogP contribution in [0.15, 0.2) is 164 Å². The van der Waals surface area contributed by atoms with Crippen molar-refractivity contribution in [2.24, 2.45) is 0 Å². The van der Waals surface area contributed by atoms with Crippen LogP contribution in [0.25, 0.3) is 83.5 Å². The molecular formula is C50H38N2. The van der Waals surface area contributed by atoms with Crippen LogP contribution in [0.1, 0.15) is 28.8 Å². The molecule has 0 saturated heterocycles. The molecule has 0 radical (unpaired) electrons. The molecule has 2 aromatic heterocycles. The zero-order chi connectivity index (χ0) is 34.8. The maximum Gasteiger partial charge on any atom is 0.0541 e. The lowest BCUT2D eigenvalue weighted by Gasteiger charge is -2.17. The predicted octanol–water partition coefficient (Wildman–Crippen LogP) is 13.3. The molecule has 1 aliphatic carbocycles. The zero-order valence-corrected chi connectivity index (χ0v) is 29.5. The molecule has 2 heterocycles. The molecule has 0 atom stereocenters. The quantitative estimate of drug-likeness (QED) is 0.173. The first-order valence-electron chi connectivity index (χ1n) is 18.3. The molecule has 0 fully saturated rings. The number of rotatable bonds is 5. The van der Waals surface area contributed by atoms with E-state index in [1.54, 1.807) is 0 Å². The fraction of sp³-hybridized carbons (Fsp3) is 0.0800. The van der Waals surface area contributed by atoms with Crippen LogP contribution in [0.4, 0.5) is 0 Å². The molecule has 2 heteroatoms. The molecule has 0 bridgehead atoms. The summed E-state index contributed by atoms with van der Waals surface area (Å²) in [5.41, 5.74) is 19.0. The molecule has 0 spiro atoms. The Morgan fingerprint density at radius 3 is 1.94 bits per heavy atom. The van der Waals surface area contributed by atoms with Gasteiger partial charge in [0.25, 0.3) is 0 Å². The van der Waals surface area contributed by atoms with E-state index in [1.807, 2.05) is 0 Å². The number of aryl methyl sites for hydroxylation is 1. The Morgan fingerprint density at radius 2 is 1.10 bits per heavy atom. The van der Waals surface area contributed by atoms with Crippen LogP contribution in [0.5, 0.6) is 0 Å². The van der Waals surface area contributed by atoms with Gasteiger partial charge in [0.05, 0.1) is 16.6 Å². The van der Waals surface area contributed by atoms with E-state index in [9.17, 15) is 0 Å². The molecule has 0 saturated carbocycles. The molecule has 7 aromatic carbocycles. The first-order chi connectivity index (χ1) is 25.6. The molecule has 52 heavy (non-hydrogen) atoms. The van der Waals surface area contributed by atoms with Gasteiger partial charge in [-0.25, -0.2) is 0 Å². The number of hydrogen-bond donors (Lipinski definition) is 0. The molecular weight excluding hydrogens is 629 g/mol. The van der Waals surface area contributed by atoms with Gasteiger partial charge < -0.3 is 9.13 Å². The Labute approximate surface area is 304 Å². The third-order valence-electron chi connectivity index (χ3n) is 11.1. The lowest BCUT2D eigenvalue weighted by atomic mass is 9.91. The monoisotopic (exact) mass is 666 g/mol. The SMILES string of the molecule is Cc1ccccc1-c1cccc(-c2cccc(-n3c4c(c5cc(-c6ccc7c(c6)c6ccccc6n7-c6ccccc6)ccc53)C=CCC4)c2)c1C. The van der Waals surface area contributed by atoms with Crippen molar-refractivity contribution in [1.29, 1.82) is 0 Å². The van der Waals surface area contributed by atoms with Gasteiger partial charge in [0, 0.05) is 38.8 Å². The van der Waals surface area contributed by atoms with Crippen LogP contribution in [-0.2, 0) is 6.42 Å². The van der Waals surface area contributed by atoms with Crippen LogP contribution in [0, 0.1) is 13.8 Å². The van der Waals surface area contributed by atoms with Crippen LogP contribution in [0.3, 0.4) is 0 Å². The topological polar surface area (TPSA) is 9.86 Å². The third-order valence-corrected chi connectivity index (χ3v) is 11.1. The number of para-hydroxylation sites is 2. The maximum atomic E-state index is 2.51. The summed E-state index contributed by atoms with van der Waals surface area (Å²) in [6, 6.07) is 58.0. The predicted molar refractivity (Wildman–Crippen MR) is 221 cm³/mol. The van der Waals surface area contributed by atoms with Gasteiger partial charge in [-0.05, 0) is 126 Å². The molecule has 10 rings (SSSR count). The second-order valence-corrected chi connectivity index (χ2v) is 14.1. The Kier molecular flexibility index (Phi) is 7.11. The highest BCUT2D eigenvalue weighted by Gasteiger charge is 2.21. The van der Waals surface area contributed by atoms with Crippen molar-refractivity contribution in [3.05, 3.63) is 186 Å². The standard InChI is InChI=1S/C50H38N2/c1-33-14-6-7-19-40(33)42-23-13-22-41(34(42)2)37-15-12-18-39(30-37)52-48-25-11-9-21-44(48)46-32-36(27-29-50(46)52)35-26-28-49-45(31-35)43-20-8-10-24-47(43)51(49)38-16-4-3-5-17-38/h3-10,12-24,26-32H,11,25H2,1-2H3. The van der Waals surface area contributed by atoms with Crippen molar-refractivity contribution in [1.82, 2.24) is 9.13 Å². The van der Waals surface area contributed by atoms with E-state index in [0.717, 1.165) is 12.8 Å². The lowest BCUT2D eigenvalue weighted by molar-refractivity contribution is 0.889. The van der Waals surface area contributed by atoms with Gasteiger partial charge in [-0.1, -0.05) is 115 Å². The number of fused-ring (bicyclic) bond motifs is 6. The molecule has 248 valence electrons. The van der Waals surface area contributed by atoms with Crippen molar-refractivity contribution >= 4 is 38.8 Å². The highest BCUT2D eigenvalue weighted by atomic mass is 15.0. The van der Waals surface area contributed by atoms with Gasteiger partial charge in [-0.2, -0.15) is 0 Å². The average molecular weight is 667 g/mol. The van der Waals surface area contributed by atoms with E-state index in [-0.39, 0.29) is 0 Å². The Morgan fingerprint density at radius 1 is 0.442 bits per heavy atom. The fourth-order valence-corrected chi connectivity index (χ4v) is 8.63. The van der Waals surface area contributed by atoms with Crippen LogP contribution < -0.4 is 0 Å². The van der Waals surface area contributed by atoms with E-state index in [1.165, 1.54) is 99.8 Å². The fourth-order valence-electron chi connectivity index (χ4n) is 8.63. The van der Waals surface area contributed by atoms with Gasteiger partial charge in [0.15, 0.2) is 0 Å². The van der Waals surface area contributed by atoms with Gasteiger partial charge in [-0.3, -0.25) is 0 Å². The van der Waals surface area contributed by atoms with E-state index in [0.29, 0.717) is 0 Å². The first kappa shape index (κ1) is 30.4. The van der Waals surface area contributed by atoms with Crippen molar-refractivity contribution in [3.63, 3.8) is 0 Å². The number of hydrogen-bond acceptors (Lipinski definition) is 0. The number of allylic oxidation sites excluding steroid dienone is 1. The summed E-state index contributed by atoms with van der Waals surface area (Å²) < 4.78 is 4.89. The second kappa shape index (κ2) is 12.1. The lowest BCUT2D eigenvalue weighted by Crippen LogP contribution is -2.03. The molecule has 2 nitrogen and oxygen atoms in total. The van der Waals surface area contributed by atoms with Gasteiger partial charge in [0.2, 0.25) is 0 Å². The summed E-state index contributed by atoms with van der Waals surface area (Å²) in [4.78, 5) is 0. The summed E-state index contributed by atoms with van der Waals surface area (Å²) in [6.07, 6.45) is 6.75. The number of benzene rings is 7. The summed E-state index contributed by atoms with van der Waals surface area (Å²) >= 11 is 0. The van der Waals surface area contributed by atoms with Crippen molar-refractivity contribution < 1.29 is 0 Å². The Hall–Kier alpha value is -6.38. The van der Waals surface area contributed by atoms with E-state index >= 15 is 0 Å². The van der Waals surface area contributed by atoms with Gasteiger partial charge >= 0.3 is 0 Å². The average Bonchev–Trinajstić information content (AvgIpc) is 3.71. The van der Waals surface area contributed by atoms with Crippen LogP contribution in [-0.4, -0.2) is 9.13 Å². The minimum Gasteiger partial charge on any atom is -0.313 e. The third kappa shape index (κ3) is 4.79. The van der Waals surface area contributed by atoms with Crippen molar-refractivity contribution in [3.8, 4) is 44.8 Å². The summed E-state index contributed by atoms with van der Waals surface area (Å²) in [5.74, 6) is 0. The molecule has 0 N–H and O–H groups in total. The zero-order valence-electron chi connectivity index (χ0n) is 29.5. The highest BCUT2D eigenvalue weighted by molar-refractivity contribution is 6.10. The molecule has 1 aliphatic rings. The molecule has 0 unspecified atom stereocenters. The normalized spacial score (nSPS) is 12.6. The van der Waals surface area contributed by atoms with E-state index < -0.39 is 0 Å². The molecule has 0 aliphatic heterocycles. The Bertz CT molecular complexity index is 2860. The minimum absolute atomic E-state index is 1.02. The summed E-state index contributed by atoms with van der Waals surface area (Å²) in [5, 5.41) is 3.85. The number of aromatic nitrogens is 2. The number of nitrogens with zero attached hydrogens (tertiary/aromatic N) is 2. The van der Waals surface area contributed by atoms with Gasteiger partial charge in [0.1, 0.15) is 0 Å². The van der Waals surface area contributed by atoms with Crippen molar-refractivity contribution in [2.45, 2.75) is 26.7 Å². The van der Waals surface area contributed by atoms with E-state index in [4.69, 9.17) is 0 Å². The summed E-state index contributed by atoms with van der Waals surface area (Å²) in [6.45, 7) is 4.46. The van der Waals surface area contributed by atoms with Gasteiger partial charge in [-0.15, -0.1) is 0 Å². The minimum atomic E-state index is 1.02. The largest absolute Gasteiger partial charge is 0.313 e. The van der Waals surface area contributed by atoms with E-state index in [2.05, 4.69) is 193 Å². The smallest absolute Gasteiger partial charge is 0.0541 e. The Balaban J connectivity index is 1.10. The summed E-state index contributed by atoms with van der Waals surface area (Å²) in [7, 11) is 0. The molecule has 9 aromatic rings. The molecule has 0 amide bonds. The van der Waals surface area contributed by atoms with Crippen LogP contribution >= 0.6 is 0 Å². The first-order valence-corrected chi connectivity index (χ1v) is 18.3. The highest BCUT2D eigenvalue weighted by Crippen LogP contribution is 2.40.